The Bertz CT molecular complexity index is 1100. The van der Waals surface area contributed by atoms with Gasteiger partial charge in [0.1, 0.15) is 17.0 Å². The smallest absolute Gasteiger partial charge is 0.253 e. The van der Waals surface area contributed by atoms with Crippen LogP contribution in [0, 0.1) is 6.92 Å². The minimum atomic E-state index is 0.450. The molecule has 0 spiro atoms. The van der Waals surface area contributed by atoms with Crippen molar-refractivity contribution in [3.8, 4) is 22.7 Å². The van der Waals surface area contributed by atoms with Crippen molar-refractivity contribution in [1.29, 1.82) is 0 Å². The highest BCUT2D eigenvalue weighted by Gasteiger charge is 2.23. The SMILES string of the molecule is Cc1onc(-c2ccccc2)c1-c1nnc(CN2CCN(c3ccccc3)CC2)o1. The summed E-state index contributed by atoms with van der Waals surface area (Å²) in [5, 5.41) is 12.8. The van der Waals surface area contributed by atoms with Crippen molar-refractivity contribution in [2.24, 2.45) is 0 Å². The molecule has 152 valence electrons. The van der Waals surface area contributed by atoms with Gasteiger partial charge >= 0.3 is 0 Å². The molecule has 1 aliphatic rings. The standard InChI is InChI=1S/C23H23N5O2/c1-17-21(22(26-30-17)18-8-4-2-5-9-18)23-25-24-20(29-23)16-27-12-14-28(15-13-27)19-10-6-3-7-11-19/h2-11H,12-16H2,1H3. The first-order valence-corrected chi connectivity index (χ1v) is 10.1. The lowest BCUT2D eigenvalue weighted by Crippen LogP contribution is -2.46. The van der Waals surface area contributed by atoms with E-state index in [1.54, 1.807) is 0 Å². The second-order valence-electron chi connectivity index (χ2n) is 7.43. The predicted molar refractivity (Wildman–Crippen MR) is 114 cm³/mol. The Kier molecular flexibility index (Phi) is 5.03. The molecule has 30 heavy (non-hydrogen) atoms. The number of aromatic nitrogens is 3. The maximum Gasteiger partial charge on any atom is 0.253 e. The quantitative estimate of drug-likeness (QED) is 0.500. The van der Waals surface area contributed by atoms with Crippen molar-refractivity contribution in [3.05, 3.63) is 72.3 Å². The summed E-state index contributed by atoms with van der Waals surface area (Å²) in [7, 11) is 0. The molecule has 1 saturated heterocycles. The van der Waals surface area contributed by atoms with Crippen LogP contribution in [0.1, 0.15) is 11.7 Å². The molecule has 7 nitrogen and oxygen atoms in total. The highest BCUT2D eigenvalue weighted by atomic mass is 16.5. The number of anilines is 1. The van der Waals surface area contributed by atoms with Gasteiger partial charge in [0.25, 0.3) is 5.89 Å². The molecule has 1 aliphatic heterocycles. The first-order chi connectivity index (χ1) is 14.8. The first-order valence-electron chi connectivity index (χ1n) is 10.1. The van der Waals surface area contributed by atoms with Crippen LogP contribution in [0.3, 0.4) is 0 Å². The zero-order valence-electron chi connectivity index (χ0n) is 16.9. The van der Waals surface area contributed by atoms with Gasteiger partial charge in [-0.3, -0.25) is 4.90 Å². The number of hydrogen-bond acceptors (Lipinski definition) is 7. The average molecular weight is 401 g/mol. The number of para-hydroxylation sites is 1. The van der Waals surface area contributed by atoms with Gasteiger partial charge in [-0.05, 0) is 19.1 Å². The summed E-state index contributed by atoms with van der Waals surface area (Å²) in [4.78, 5) is 4.75. The summed E-state index contributed by atoms with van der Waals surface area (Å²) in [5.41, 5.74) is 3.71. The summed E-state index contributed by atoms with van der Waals surface area (Å²) < 4.78 is 11.4. The fraction of sp³-hybridized carbons (Fsp3) is 0.261. The second-order valence-corrected chi connectivity index (χ2v) is 7.43. The van der Waals surface area contributed by atoms with Gasteiger partial charge in [0.05, 0.1) is 6.54 Å². The Balaban J connectivity index is 1.28. The van der Waals surface area contributed by atoms with E-state index in [2.05, 4.69) is 49.4 Å². The van der Waals surface area contributed by atoms with E-state index in [9.17, 15) is 0 Å². The lowest BCUT2D eigenvalue weighted by atomic mass is 10.1. The highest BCUT2D eigenvalue weighted by molar-refractivity contribution is 5.77. The first kappa shape index (κ1) is 18.6. The van der Waals surface area contributed by atoms with Gasteiger partial charge in [0, 0.05) is 37.4 Å². The molecule has 0 radical (unpaired) electrons. The minimum absolute atomic E-state index is 0.450. The average Bonchev–Trinajstić information content (AvgIpc) is 3.41. The number of piperazine rings is 1. The third kappa shape index (κ3) is 3.71. The Morgan fingerprint density at radius 1 is 0.867 bits per heavy atom. The van der Waals surface area contributed by atoms with E-state index < -0.39 is 0 Å². The third-order valence-corrected chi connectivity index (χ3v) is 5.44. The molecule has 1 fully saturated rings. The minimum Gasteiger partial charge on any atom is -0.419 e. The van der Waals surface area contributed by atoms with Crippen LogP contribution in [0.2, 0.25) is 0 Å². The summed E-state index contributed by atoms with van der Waals surface area (Å²) in [6.07, 6.45) is 0. The summed E-state index contributed by atoms with van der Waals surface area (Å²) >= 11 is 0. The maximum absolute atomic E-state index is 6.01. The van der Waals surface area contributed by atoms with E-state index in [-0.39, 0.29) is 0 Å². The fourth-order valence-electron chi connectivity index (χ4n) is 3.83. The van der Waals surface area contributed by atoms with Crippen LogP contribution < -0.4 is 4.90 Å². The van der Waals surface area contributed by atoms with E-state index in [1.807, 2.05) is 43.3 Å². The van der Waals surface area contributed by atoms with E-state index in [0.717, 1.165) is 43.0 Å². The molecule has 3 heterocycles. The van der Waals surface area contributed by atoms with Gasteiger partial charge in [-0.2, -0.15) is 0 Å². The molecule has 0 bridgehead atoms. The molecule has 2 aromatic heterocycles. The molecule has 5 rings (SSSR count). The van der Waals surface area contributed by atoms with E-state index in [1.165, 1.54) is 5.69 Å². The zero-order valence-corrected chi connectivity index (χ0v) is 16.9. The molecule has 0 atom stereocenters. The number of benzene rings is 2. The number of aryl methyl sites for hydroxylation is 1. The zero-order chi connectivity index (χ0) is 20.3. The number of rotatable bonds is 5. The van der Waals surface area contributed by atoms with Gasteiger partial charge in [-0.25, -0.2) is 0 Å². The van der Waals surface area contributed by atoms with Gasteiger partial charge in [-0.15, -0.1) is 10.2 Å². The van der Waals surface area contributed by atoms with Crippen LogP contribution in [0.5, 0.6) is 0 Å². The van der Waals surface area contributed by atoms with Gasteiger partial charge in [0.15, 0.2) is 0 Å². The Hall–Kier alpha value is -3.45. The predicted octanol–water partition coefficient (Wildman–Crippen LogP) is 4.02. The largest absolute Gasteiger partial charge is 0.419 e. The lowest BCUT2D eigenvalue weighted by molar-refractivity contribution is 0.227. The normalized spacial score (nSPS) is 14.9. The molecule has 0 amide bonds. The molecule has 0 unspecified atom stereocenters. The monoisotopic (exact) mass is 401 g/mol. The Labute approximate surface area is 174 Å². The van der Waals surface area contributed by atoms with Crippen LogP contribution >= 0.6 is 0 Å². The van der Waals surface area contributed by atoms with Crippen molar-refractivity contribution < 1.29 is 8.94 Å². The molecule has 0 aliphatic carbocycles. The van der Waals surface area contributed by atoms with Crippen LogP contribution in [-0.4, -0.2) is 46.4 Å². The molecule has 0 N–H and O–H groups in total. The van der Waals surface area contributed by atoms with E-state index in [0.29, 0.717) is 24.1 Å². The number of nitrogens with zero attached hydrogens (tertiary/aromatic N) is 5. The lowest BCUT2D eigenvalue weighted by Gasteiger charge is -2.35. The van der Waals surface area contributed by atoms with Crippen molar-refractivity contribution in [2.45, 2.75) is 13.5 Å². The fourth-order valence-corrected chi connectivity index (χ4v) is 3.83. The van der Waals surface area contributed by atoms with Crippen LogP contribution in [-0.2, 0) is 6.54 Å². The number of hydrogen-bond donors (Lipinski definition) is 0. The molecule has 2 aromatic carbocycles. The highest BCUT2D eigenvalue weighted by Crippen LogP contribution is 2.33. The van der Waals surface area contributed by atoms with Crippen LogP contribution in [0.25, 0.3) is 22.7 Å². The second kappa shape index (κ2) is 8.12. The van der Waals surface area contributed by atoms with Crippen molar-refractivity contribution in [2.75, 3.05) is 31.1 Å². The van der Waals surface area contributed by atoms with Crippen molar-refractivity contribution in [1.82, 2.24) is 20.3 Å². The topological polar surface area (TPSA) is 71.4 Å². The van der Waals surface area contributed by atoms with Crippen LogP contribution in [0.4, 0.5) is 5.69 Å². The molecular formula is C23H23N5O2. The summed E-state index contributed by atoms with van der Waals surface area (Å²) in [5.74, 6) is 1.73. The van der Waals surface area contributed by atoms with Gasteiger partial charge < -0.3 is 13.8 Å². The van der Waals surface area contributed by atoms with Gasteiger partial charge in [0.2, 0.25) is 5.89 Å². The van der Waals surface area contributed by atoms with Crippen molar-refractivity contribution >= 4 is 5.69 Å². The third-order valence-electron chi connectivity index (χ3n) is 5.44. The molecular weight excluding hydrogens is 378 g/mol. The summed E-state index contributed by atoms with van der Waals surface area (Å²) in [6.45, 7) is 6.37. The Morgan fingerprint density at radius 2 is 1.57 bits per heavy atom. The molecule has 0 saturated carbocycles. The Morgan fingerprint density at radius 3 is 2.30 bits per heavy atom. The van der Waals surface area contributed by atoms with E-state index in [4.69, 9.17) is 8.94 Å². The molecule has 7 heteroatoms. The molecule has 4 aromatic rings. The van der Waals surface area contributed by atoms with E-state index >= 15 is 0 Å². The maximum atomic E-state index is 6.01. The van der Waals surface area contributed by atoms with Gasteiger partial charge in [-0.1, -0.05) is 53.7 Å². The summed E-state index contributed by atoms with van der Waals surface area (Å²) in [6, 6.07) is 20.4. The van der Waals surface area contributed by atoms with Crippen LogP contribution in [0.15, 0.2) is 69.6 Å². The van der Waals surface area contributed by atoms with Crippen molar-refractivity contribution in [3.63, 3.8) is 0 Å².